The third kappa shape index (κ3) is 6.97. The highest BCUT2D eigenvalue weighted by atomic mass is 32.2. The van der Waals surface area contributed by atoms with Gasteiger partial charge in [0.25, 0.3) is 5.69 Å². The van der Waals surface area contributed by atoms with Crippen LogP contribution in [-0.4, -0.2) is 58.0 Å². The fraction of sp³-hybridized carbons (Fsp3) is 0.500. The molecule has 0 aromatic heterocycles. The van der Waals surface area contributed by atoms with Crippen LogP contribution in [0.2, 0.25) is 0 Å². The predicted octanol–water partition coefficient (Wildman–Crippen LogP) is 0.0377. The van der Waals surface area contributed by atoms with E-state index in [2.05, 4.69) is 4.72 Å². The maximum absolute atomic E-state index is 13.3. The van der Waals surface area contributed by atoms with E-state index >= 15 is 0 Å². The second-order valence-electron chi connectivity index (χ2n) is 4.25. The molecule has 11 heteroatoms. The Morgan fingerprint density at radius 3 is 2.43 bits per heavy atom. The van der Waals surface area contributed by atoms with Crippen LogP contribution in [0.1, 0.15) is 0 Å². The summed E-state index contributed by atoms with van der Waals surface area (Å²) < 4.78 is 49.3. The largest absolute Gasteiger partial charge is 0.394 e. The number of nitrogens with zero attached hydrogens (tertiary/aromatic N) is 1. The lowest BCUT2D eigenvalue weighted by molar-refractivity contribution is -0.385. The molecule has 0 unspecified atom stereocenters. The van der Waals surface area contributed by atoms with Gasteiger partial charge in [-0.15, -0.1) is 0 Å². The number of hydrogen-bond acceptors (Lipinski definition) is 7. The third-order valence-electron chi connectivity index (χ3n) is 2.52. The van der Waals surface area contributed by atoms with Crippen molar-refractivity contribution in [2.75, 3.05) is 39.6 Å². The molecule has 1 aromatic rings. The van der Waals surface area contributed by atoms with Crippen LogP contribution in [0.25, 0.3) is 0 Å². The molecule has 0 atom stereocenters. The van der Waals surface area contributed by atoms with E-state index in [1.807, 2.05) is 0 Å². The molecule has 0 fully saturated rings. The number of benzene rings is 1. The summed E-state index contributed by atoms with van der Waals surface area (Å²) in [5, 5.41) is 19.1. The smallest absolute Gasteiger partial charge is 0.273 e. The molecule has 0 bridgehead atoms. The number of nitro groups is 1. The zero-order valence-electron chi connectivity index (χ0n) is 12.1. The minimum absolute atomic E-state index is 0.0408. The van der Waals surface area contributed by atoms with Crippen LogP contribution >= 0.6 is 0 Å². The van der Waals surface area contributed by atoms with Crippen LogP contribution in [0.3, 0.4) is 0 Å². The normalized spacial score (nSPS) is 11.6. The molecule has 0 amide bonds. The number of non-ortho nitro benzene ring substituents is 1. The summed E-state index contributed by atoms with van der Waals surface area (Å²) in [6.07, 6.45) is 0. The van der Waals surface area contributed by atoms with Gasteiger partial charge in [0.1, 0.15) is 5.82 Å². The van der Waals surface area contributed by atoms with Crippen LogP contribution in [0.4, 0.5) is 10.1 Å². The molecule has 1 aromatic carbocycles. The van der Waals surface area contributed by atoms with E-state index in [4.69, 9.17) is 14.6 Å². The van der Waals surface area contributed by atoms with Crippen LogP contribution in [0.5, 0.6) is 0 Å². The van der Waals surface area contributed by atoms with E-state index in [0.717, 1.165) is 6.07 Å². The zero-order chi connectivity index (χ0) is 17.3. The summed E-state index contributed by atoms with van der Waals surface area (Å²) in [5.74, 6) is -1.02. The number of aliphatic hydroxyl groups is 1. The number of aliphatic hydroxyl groups excluding tert-OH is 1. The molecule has 0 spiro atoms. The number of halogens is 1. The Morgan fingerprint density at radius 2 is 1.83 bits per heavy atom. The average molecular weight is 352 g/mol. The Bertz CT molecular complexity index is 624. The average Bonchev–Trinajstić information content (AvgIpc) is 2.49. The van der Waals surface area contributed by atoms with Crippen LogP contribution < -0.4 is 4.72 Å². The maximum Gasteiger partial charge on any atom is 0.273 e. The second kappa shape index (κ2) is 9.47. The Balaban J connectivity index is 2.49. The Morgan fingerprint density at radius 1 is 1.17 bits per heavy atom. The van der Waals surface area contributed by atoms with Crippen molar-refractivity contribution < 1.29 is 32.3 Å². The molecule has 0 heterocycles. The van der Waals surface area contributed by atoms with Gasteiger partial charge < -0.3 is 14.6 Å². The predicted molar refractivity (Wildman–Crippen MR) is 77.0 cm³/mol. The molecular weight excluding hydrogens is 335 g/mol. The van der Waals surface area contributed by atoms with Crippen LogP contribution in [-0.2, 0) is 19.5 Å². The lowest BCUT2D eigenvalue weighted by atomic mass is 10.3. The van der Waals surface area contributed by atoms with Crippen molar-refractivity contribution in [3.63, 3.8) is 0 Å². The first-order valence-corrected chi connectivity index (χ1v) is 8.06. The Hall–Kier alpha value is -1.66. The van der Waals surface area contributed by atoms with E-state index in [9.17, 15) is 22.9 Å². The second-order valence-corrected chi connectivity index (χ2v) is 6.02. The molecule has 2 N–H and O–H groups in total. The number of hydrogen-bond donors (Lipinski definition) is 2. The van der Waals surface area contributed by atoms with Crippen molar-refractivity contribution in [3.8, 4) is 0 Å². The van der Waals surface area contributed by atoms with Gasteiger partial charge in [0.05, 0.1) is 48.9 Å². The number of nitro benzene ring substituents is 1. The van der Waals surface area contributed by atoms with E-state index in [1.54, 1.807) is 0 Å². The number of sulfonamides is 1. The highest BCUT2D eigenvalue weighted by Gasteiger charge is 2.19. The van der Waals surface area contributed by atoms with Crippen molar-refractivity contribution in [2.24, 2.45) is 0 Å². The summed E-state index contributed by atoms with van der Waals surface area (Å²) in [6.45, 7) is 0.510. The fourth-order valence-corrected chi connectivity index (χ4v) is 2.59. The standard InChI is InChI=1S/C12H17FN2O7S/c13-10-7-11(15(17)18)9-12(8-10)23(19,20)14-1-3-21-5-6-22-4-2-16/h7-9,14,16H,1-6H2. The van der Waals surface area contributed by atoms with Gasteiger partial charge in [-0.2, -0.15) is 0 Å². The first kappa shape index (κ1) is 19.4. The van der Waals surface area contributed by atoms with Crippen molar-refractivity contribution in [2.45, 2.75) is 4.90 Å². The van der Waals surface area contributed by atoms with Crippen LogP contribution in [0, 0.1) is 15.9 Å². The highest BCUT2D eigenvalue weighted by Crippen LogP contribution is 2.19. The van der Waals surface area contributed by atoms with Crippen LogP contribution in [0.15, 0.2) is 23.1 Å². The van der Waals surface area contributed by atoms with E-state index < -0.39 is 31.3 Å². The van der Waals surface area contributed by atoms with E-state index in [0.29, 0.717) is 12.1 Å². The first-order chi connectivity index (χ1) is 10.9. The molecular formula is C12H17FN2O7S. The summed E-state index contributed by atoms with van der Waals surface area (Å²) in [4.78, 5) is 9.21. The first-order valence-electron chi connectivity index (χ1n) is 6.58. The quantitative estimate of drug-likeness (QED) is 0.327. The number of ether oxygens (including phenoxy) is 2. The van der Waals surface area contributed by atoms with Gasteiger partial charge >= 0.3 is 0 Å². The molecule has 0 radical (unpaired) electrons. The SMILES string of the molecule is O=[N+]([O-])c1cc(F)cc(S(=O)(=O)NCCOCCOCCO)c1. The van der Waals surface area contributed by atoms with Crippen molar-refractivity contribution >= 4 is 15.7 Å². The molecule has 0 aliphatic heterocycles. The molecule has 0 aliphatic rings. The molecule has 0 saturated carbocycles. The van der Waals surface area contributed by atoms with E-state index in [1.165, 1.54) is 0 Å². The van der Waals surface area contributed by atoms with Gasteiger partial charge in [-0.25, -0.2) is 17.5 Å². The lowest BCUT2D eigenvalue weighted by Gasteiger charge is -2.08. The van der Waals surface area contributed by atoms with E-state index in [-0.39, 0.29) is 39.6 Å². The molecule has 23 heavy (non-hydrogen) atoms. The Labute approximate surface area is 132 Å². The maximum atomic E-state index is 13.3. The Kier molecular flexibility index (Phi) is 7.98. The van der Waals surface area contributed by atoms with Gasteiger partial charge in [-0.05, 0) is 6.07 Å². The molecule has 9 nitrogen and oxygen atoms in total. The molecule has 0 aliphatic carbocycles. The fourth-order valence-electron chi connectivity index (χ4n) is 1.53. The van der Waals surface area contributed by atoms with Gasteiger partial charge in [0.2, 0.25) is 10.0 Å². The van der Waals surface area contributed by atoms with Crippen molar-refractivity contribution in [1.82, 2.24) is 4.72 Å². The van der Waals surface area contributed by atoms with Crippen molar-refractivity contribution in [1.29, 1.82) is 0 Å². The minimum atomic E-state index is -4.08. The van der Waals surface area contributed by atoms with Gasteiger partial charge in [0.15, 0.2) is 0 Å². The van der Waals surface area contributed by atoms with Gasteiger partial charge in [-0.1, -0.05) is 0 Å². The molecule has 0 saturated heterocycles. The van der Waals surface area contributed by atoms with Crippen molar-refractivity contribution in [3.05, 3.63) is 34.1 Å². The summed E-state index contributed by atoms with van der Waals surface area (Å²) in [5.41, 5.74) is -0.650. The molecule has 130 valence electrons. The number of nitrogens with one attached hydrogen (secondary N) is 1. The zero-order valence-corrected chi connectivity index (χ0v) is 12.9. The topological polar surface area (TPSA) is 128 Å². The minimum Gasteiger partial charge on any atom is -0.394 e. The summed E-state index contributed by atoms with van der Waals surface area (Å²) in [7, 11) is -4.08. The van der Waals surface area contributed by atoms with Gasteiger partial charge in [0, 0.05) is 12.6 Å². The lowest BCUT2D eigenvalue weighted by Crippen LogP contribution is -2.28. The summed E-state index contributed by atoms with van der Waals surface area (Å²) in [6, 6.07) is 2.10. The highest BCUT2D eigenvalue weighted by molar-refractivity contribution is 7.89. The monoisotopic (exact) mass is 352 g/mol. The number of rotatable bonds is 11. The molecule has 1 rings (SSSR count). The summed E-state index contributed by atoms with van der Waals surface area (Å²) >= 11 is 0. The third-order valence-corrected chi connectivity index (χ3v) is 3.96. The van der Waals surface area contributed by atoms with Gasteiger partial charge in [-0.3, -0.25) is 10.1 Å².